The maximum atomic E-state index is 13.5. The van der Waals surface area contributed by atoms with Crippen LogP contribution in [0.15, 0.2) is 59.7 Å². The Hall–Kier alpha value is -3.21. The van der Waals surface area contributed by atoms with Crippen molar-refractivity contribution < 1.29 is 24.5 Å². The van der Waals surface area contributed by atoms with Crippen LogP contribution in [0, 0.1) is 5.92 Å². The molecule has 5 heteroatoms. The zero-order chi connectivity index (χ0) is 23.3. The molecule has 0 heterocycles. The molecule has 0 saturated carbocycles. The van der Waals surface area contributed by atoms with E-state index in [0.29, 0.717) is 12.2 Å². The molecular formula is C27H32O5. The largest absolute Gasteiger partial charge is 0.507 e. The number of ether oxygens (including phenoxy) is 2. The van der Waals surface area contributed by atoms with Crippen molar-refractivity contribution in [2.24, 2.45) is 5.92 Å². The van der Waals surface area contributed by atoms with Crippen molar-refractivity contribution in [2.45, 2.75) is 45.4 Å². The Morgan fingerprint density at radius 2 is 1.66 bits per heavy atom. The number of allylic oxidation sites excluding steroid dienone is 4. The highest BCUT2D eigenvalue weighted by Gasteiger charge is 2.35. The first-order valence-electron chi connectivity index (χ1n) is 10.9. The second-order valence-corrected chi connectivity index (χ2v) is 8.51. The van der Waals surface area contributed by atoms with Gasteiger partial charge in [0.15, 0.2) is 5.78 Å². The number of phenols is 2. The predicted molar refractivity (Wildman–Crippen MR) is 126 cm³/mol. The number of phenolic OH excluding ortho intramolecular Hbond substituents is 2. The van der Waals surface area contributed by atoms with Crippen molar-refractivity contribution in [3.8, 4) is 23.0 Å². The number of Topliss-reactive ketones (excluding diaryl/α,β-unsaturated/α-hetero) is 1. The molecule has 0 saturated heterocycles. The first kappa shape index (κ1) is 23.5. The number of hydrogen-bond donors (Lipinski definition) is 2. The van der Waals surface area contributed by atoms with Crippen molar-refractivity contribution in [3.63, 3.8) is 0 Å². The van der Waals surface area contributed by atoms with Gasteiger partial charge in [-0.3, -0.25) is 4.79 Å². The molecular weight excluding hydrogens is 404 g/mol. The van der Waals surface area contributed by atoms with Crippen LogP contribution in [0.2, 0.25) is 0 Å². The van der Waals surface area contributed by atoms with E-state index in [-0.39, 0.29) is 34.7 Å². The minimum absolute atomic E-state index is 0.0456. The molecule has 2 aromatic carbocycles. The second kappa shape index (κ2) is 10.4. The van der Waals surface area contributed by atoms with Crippen LogP contribution in [0.1, 0.15) is 61.4 Å². The molecule has 3 rings (SSSR count). The van der Waals surface area contributed by atoms with Gasteiger partial charge in [0.05, 0.1) is 14.2 Å². The Kier molecular flexibility index (Phi) is 7.62. The molecule has 0 bridgehead atoms. The first-order chi connectivity index (χ1) is 15.3. The van der Waals surface area contributed by atoms with Gasteiger partial charge in [-0.2, -0.15) is 0 Å². The Morgan fingerprint density at radius 1 is 1.03 bits per heavy atom. The van der Waals surface area contributed by atoms with Gasteiger partial charge in [0.2, 0.25) is 0 Å². The first-order valence-corrected chi connectivity index (χ1v) is 10.9. The van der Waals surface area contributed by atoms with Crippen molar-refractivity contribution in [1.29, 1.82) is 0 Å². The smallest absolute Gasteiger partial charge is 0.174 e. The van der Waals surface area contributed by atoms with Crippen molar-refractivity contribution in [1.82, 2.24) is 0 Å². The van der Waals surface area contributed by atoms with Crippen LogP contribution >= 0.6 is 0 Å². The van der Waals surface area contributed by atoms with Crippen LogP contribution in [0.5, 0.6) is 23.0 Å². The Labute approximate surface area is 190 Å². The standard InChI is InChI=1S/C27H32O5/c1-17(2)6-5-7-18-8-13-22(23(14-18)19-9-11-20(31-3)12-10-19)27(30)26-24(28)15-21(32-4)16-25(26)29/h6,8-12,15-16,22-23,28-29H,5,7,13-14H2,1-4H3/t22-,23+/m0/s1. The van der Waals surface area contributed by atoms with Crippen LogP contribution < -0.4 is 9.47 Å². The summed E-state index contributed by atoms with van der Waals surface area (Å²) in [5.41, 5.74) is 3.63. The van der Waals surface area contributed by atoms with Gasteiger partial charge in [-0.15, -0.1) is 0 Å². The van der Waals surface area contributed by atoms with Crippen LogP contribution in [-0.2, 0) is 0 Å². The lowest BCUT2D eigenvalue weighted by Gasteiger charge is -2.31. The van der Waals surface area contributed by atoms with E-state index >= 15 is 0 Å². The maximum Gasteiger partial charge on any atom is 0.174 e. The third-order valence-electron chi connectivity index (χ3n) is 6.08. The van der Waals surface area contributed by atoms with E-state index in [0.717, 1.165) is 30.6 Å². The Bertz CT molecular complexity index is 990. The predicted octanol–water partition coefficient (Wildman–Crippen LogP) is 6.16. The molecule has 1 aliphatic carbocycles. The lowest BCUT2D eigenvalue weighted by molar-refractivity contribution is 0.0889. The van der Waals surface area contributed by atoms with Gasteiger partial charge in [0.25, 0.3) is 0 Å². The molecule has 32 heavy (non-hydrogen) atoms. The Morgan fingerprint density at radius 3 is 2.22 bits per heavy atom. The number of aromatic hydroxyl groups is 2. The quantitative estimate of drug-likeness (QED) is 0.383. The summed E-state index contributed by atoms with van der Waals surface area (Å²) in [6, 6.07) is 10.5. The average Bonchev–Trinajstić information content (AvgIpc) is 2.78. The van der Waals surface area contributed by atoms with E-state index < -0.39 is 0 Å². The van der Waals surface area contributed by atoms with Gasteiger partial charge in [0.1, 0.15) is 28.6 Å². The normalized spacial score (nSPS) is 17.9. The molecule has 0 unspecified atom stereocenters. The summed E-state index contributed by atoms with van der Waals surface area (Å²) in [5.74, 6) is -0.173. The SMILES string of the molecule is COc1ccc([C@H]2CC(CCC=C(C)C)=CC[C@@H]2C(=O)c2c(O)cc(OC)cc2O)cc1. The Balaban J connectivity index is 1.94. The van der Waals surface area contributed by atoms with E-state index in [4.69, 9.17) is 9.47 Å². The van der Waals surface area contributed by atoms with E-state index in [1.54, 1.807) is 7.11 Å². The monoisotopic (exact) mass is 436 g/mol. The zero-order valence-corrected chi connectivity index (χ0v) is 19.2. The highest BCUT2D eigenvalue weighted by molar-refractivity contribution is 6.03. The highest BCUT2D eigenvalue weighted by atomic mass is 16.5. The number of hydrogen-bond acceptors (Lipinski definition) is 5. The molecule has 2 atom stereocenters. The summed E-state index contributed by atoms with van der Waals surface area (Å²) in [4.78, 5) is 13.5. The molecule has 0 radical (unpaired) electrons. The fourth-order valence-electron chi connectivity index (χ4n) is 4.35. The molecule has 1 aliphatic rings. The molecule has 2 aromatic rings. The number of carbonyl (C=O) groups is 1. The molecule has 2 N–H and O–H groups in total. The molecule has 5 nitrogen and oxygen atoms in total. The van der Waals surface area contributed by atoms with Crippen molar-refractivity contribution in [3.05, 3.63) is 70.8 Å². The fourth-order valence-corrected chi connectivity index (χ4v) is 4.35. The van der Waals surface area contributed by atoms with Crippen LogP contribution in [0.4, 0.5) is 0 Å². The average molecular weight is 437 g/mol. The fraction of sp³-hybridized carbons (Fsp3) is 0.370. The molecule has 170 valence electrons. The van der Waals surface area contributed by atoms with Gasteiger partial charge in [0, 0.05) is 18.1 Å². The molecule has 0 aromatic heterocycles. The van der Waals surface area contributed by atoms with Gasteiger partial charge >= 0.3 is 0 Å². The lowest BCUT2D eigenvalue weighted by Crippen LogP contribution is -2.26. The molecule has 0 spiro atoms. The van der Waals surface area contributed by atoms with Gasteiger partial charge < -0.3 is 19.7 Å². The van der Waals surface area contributed by atoms with E-state index in [2.05, 4.69) is 26.0 Å². The lowest BCUT2D eigenvalue weighted by atomic mass is 9.72. The molecule has 0 fully saturated rings. The summed E-state index contributed by atoms with van der Waals surface area (Å²) >= 11 is 0. The van der Waals surface area contributed by atoms with Crippen LogP contribution in [0.25, 0.3) is 0 Å². The number of methoxy groups -OCH3 is 2. The molecule has 0 aliphatic heterocycles. The number of carbonyl (C=O) groups excluding carboxylic acids is 1. The maximum absolute atomic E-state index is 13.5. The second-order valence-electron chi connectivity index (χ2n) is 8.51. The summed E-state index contributed by atoms with van der Waals surface area (Å²) in [5, 5.41) is 20.9. The van der Waals surface area contributed by atoms with Gasteiger partial charge in [-0.05, 0) is 63.1 Å². The van der Waals surface area contributed by atoms with Gasteiger partial charge in [-0.1, -0.05) is 35.4 Å². The van der Waals surface area contributed by atoms with Crippen LogP contribution in [-0.4, -0.2) is 30.2 Å². The summed E-state index contributed by atoms with van der Waals surface area (Å²) in [6.45, 7) is 4.19. The number of ketones is 1. The highest BCUT2D eigenvalue weighted by Crippen LogP contribution is 2.44. The van der Waals surface area contributed by atoms with Crippen molar-refractivity contribution in [2.75, 3.05) is 14.2 Å². The molecule has 0 amide bonds. The summed E-state index contributed by atoms with van der Waals surface area (Å²) in [6.07, 6.45) is 7.63. The zero-order valence-electron chi connectivity index (χ0n) is 19.2. The summed E-state index contributed by atoms with van der Waals surface area (Å²) < 4.78 is 10.4. The van der Waals surface area contributed by atoms with Crippen LogP contribution in [0.3, 0.4) is 0 Å². The third kappa shape index (κ3) is 5.34. The van der Waals surface area contributed by atoms with Crippen molar-refractivity contribution >= 4 is 5.78 Å². The van der Waals surface area contributed by atoms with E-state index in [1.807, 2.05) is 24.3 Å². The van der Waals surface area contributed by atoms with Gasteiger partial charge in [-0.25, -0.2) is 0 Å². The van der Waals surface area contributed by atoms with E-state index in [9.17, 15) is 15.0 Å². The number of benzene rings is 2. The minimum atomic E-state index is -0.388. The van der Waals surface area contributed by atoms with E-state index in [1.165, 1.54) is 30.4 Å². The summed E-state index contributed by atoms with van der Waals surface area (Å²) in [7, 11) is 3.07. The third-order valence-corrected chi connectivity index (χ3v) is 6.08. The number of rotatable bonds is 8. The topological polar surface area (TPSA) is 76.0 Å². The minimum Gasteiger partial charge on any atom is -0.507 e.